The average Bonchev–Trinajstić information content (AvgIpc) is 2.27. The predicted molar refractivity (Wildman–Crippen MR) is 69.3 cm³/mol. The van der Waals surface area contributed by atoms with E-state index in [-0.39, 0.29) is 4.90 Å². The molecule has 1 aromatic rings. The lowest BCUT2D eigenvalue weighted by Gasteiger charge is -2.24. The number of sulfonamides is 1. The molecular weight excluding hydrogens is 257 g/mol. The van der Waals surface area contributed by atoms with E-state index in [1.54, 1.807) is 4.90 Å². The van der Waals surface area contributed by atoms with Crippen LogP contribution in [0.3, 0.4) is 0 Å². The topological polar surface area (TPSA) is 89.4 Å². The molecule has 4 N–H and O–H groups in total. The first-order valence-corrected chi connectivity index (χ1v) is 7.22. The molecule has 0 aliphatic heterocycles. The van der Waals surface area contributed by atoms with E-state index in [0.29, 0.717) is 25.3 Å². The molecule has 0 heterocycles. The molecule has 1 aromatic carbocycles. The van der Waals surface area contributed by atoms with E-state index in [9.17, 15) is 12.8 Å². The van der Waals surface area contributed by atoms with E-state index in [4.69, 9.17) is 10.9 Å². The van der Waals surface area contributed by atoms with Gasteiger partial charge < -0.3 is 10.6 Å². The highest BCUT2D eigenvalue weighted by molar-refractivity contribution is 7.89. The zero-order chi connectivity index (χ0) is 13.8. The fraction of sp³-hybridized carbons (Fsp3) is 0.455. The van der Waals surface area contributed by atoms with Gasteiger partial charge in [0.05, 0.1) is 10.6 Å². The fourth-order valence-corrected chi connectivity index (χ4v) is 2.22. The van der Waals surface area contributed by atoms with Gasteiger partial charge in [0, 0.05) is 19.6 Å². The van der Waals surface area contributed by atoms with Crippen LogP contribution < -0.4 is 15.8 Å². The summed E-state index contributed by atoms with van der Waals surface area (Å²) in [6, 6.07) is 3.65. The van der Waals surface area contributed by atoms with Gasteiger partial charge in [0.25, 0.3) is 0 Å². The Morgan fingerprint density at radius 1 is 1.33 bits per heavy atom. The van der Waals surface area contributed by atoms with Crippen LogP contribution in [0.25, 0.3) is 0 Å². The van der Waals surface area contributed by atoms with Crippen molar-refractivity contribution >= 4 is 15.7 Å². The van der Waals surface area contributed by atoms with Crippen molar-refractivity contribution in [2.45, 2.75) is 18.2 Å². The molecule has 0 bridgehead atoms. The normalized spacial score (nSPS) is 11.6. The molecule has 7 heteroatoms. The quantitative estimate of drug-likeness (QED) is 0.797. The third kappa shape index (κ3) is 3.66. The first kappa shape index (κ1) is 14.9. The summed E-state index contributed by atoms with van der Waals surface area (Å²) < 4.78 is 36.1. The summed E-state index contributed by atoms with van der Waals surface area (Å²) >= 11 is 0. The van der Waals surface area contributed by atoms with E-state index in [1.807, 2.05) is 6.92 Å². The zero-order valence-electron chi connectivity index (χ0n) is 10.3. The van der Waals surface area contributed by atoms with Gasteiger partial charge in [-0.2, -0.15) is 0 Å². The maximum absolute atomic E-state index is 13.9. The SMILES string of the molecule is CCCN(CCN)c1ccc(S(N)(=O)=O)cc1F. The highest BCUT2D eigenvalue weighted by Gasteiger charge is 2.15. The predicted octanol–water partition coefficient (Wildman–Crippen LogP) is 0.648. The number of nitrogens with two attached hydrogens (primary N) is 2. The van der Waals surface area contributed by atoms with Crippen LogP contribution in [0.15, 0.2) is 23.1 Å². The van der Waals surface area contributed by atoms with E-state index in [1.165, 1.54) is 12.1 Å². The first-order valence-electron chi connectivity index (χ1n) is 5.67. The number of anilines is 1. The van der Waals surface area contributed by atoms with Gasteiger partial charge in [-0.25, -0.2) is 17.9 Å². The Morgan fingerprint density at radius 2 is 2.00 bits per heavy atom. The number of halogens is 1. The van der Waals surface area contributed by atoms with Crippen molar-refractivity contribution in [2.24, 2.45) is 10.9 Å². The summed E-state index contributed by atoms with van der Waals surface area (Å²) in [6.07, 6.45) is 0.844. The number of hydrogen-bond acceptors (Lipinski definition) is 4. The van der Waals surface area contributed by atoms with Crippen LogP contribution in [-0.2, 0) is 10.0 Å². The Kier molecular flexibility index (Phi) is 5.06. The molecule has 0 saturated heterocycles. The largest absolute Gasteiger partial charge is 0.368 e. The van der Waals surface area contributed by atoms with E-state index < -0.39 is 15.8 Å². The van der Waals surface area contributed by atoms with Crippen LogP contribution in [-0.4, -0.2) is 28.1 Å². The van der Waals surface area contributed by atoms with Gasteiger partial charge in [-0.15, -0.1) is 0 Å². The summed E-state index contributed by atoms with van der Waals surface area (Å²) in [5.41, 5.74) is 5.81. The fourth-order valence-electron chi connectivity index (χ4n) is 1.70. The number of primary sulfonamides is 1. The summed E-state index contributed by atoms with van der Waals surface area (Å²) in [6.45, 7) is 3.54. The number of nitrogens with zero attached hydrogens (tertiary/aromatic N) is 1. The molecule has 1 rings (SSSR count). The monoisotopic (exact) mass is 275 g/mol. The molecule has 0 atom stereocenters. The van der Waals surface area contributed by atoms with Crippen molar-refractivity contribution in [1.29, 1.82) is 0 Å². The first-order chi connectivity index (χ1) is 8.40. The molecule has 0 aromatic heterocycles. The van der Waals surface area contributed by atoms with Crippen LogP contribution in [0.1, 0.15) is 13.3 Å². The molecule has 0 aliphatic rings. The molecule has 0 unspecified atom stereocenters. The standard InChI is InChI=1S/C11H18FN3O2S/c1-2-6-15(7-5-13)11-4-3-9(8-10(11)12)18(14,16)17/h3-4,8H,2,5-7,13H2,1H3,(H2,14,16,17). The summed E-state index contributed by atoms with van der Waals surface area (Å²) in [7, 11) is -3.88. The zero-order valence-corrected chi connectivity index (χ0v) is 11.1. The second kappa shape index (κ2) is 6.12. The van der Waals surface area contributed by atoms with Crippen molar-refractivity contribution in [3.63, 3.8) is 0 Å². The third-order valence-electron chi connectivity index (χ3n) is 2.48. The molecular formula is C11H18FN3O2S. The van der Waals surface area contributed by atoms with Crippen molar-refractivity contribution in [3.05, 3.63) is 24.0 Å². The van der Waals surface area contributed by atoms with Gasteiger partial charge in [0.2, 0.25) is 10.0 Å². The Hall–Kier alpha value is -1.18. The molecule has 0 aliphatic carbocycles. The van der Waals surface area contributed by atoms with Crippen LogP contribution in [0.2, 0.25) is 0 Å². The summed E-state index contributed by atoms with van der Waals surface area (Å²) in [5.74, 6) is -0.608. The van der Waals surface area contributed by atoms with E-state index in [0.717, 1.165) is 12.5 Å². The molecule has 0 saturated carbocycles. The molecule has 0 radical (unpaired) electrons. The van der Waals surface area contributed by atoms with Crippen molar-refractivity contribution in [1.82, 2.24) is 0 Å². The molecule has 0 amide bonds. The minimum Gasteiger partial charge on any atom is -0.368 e. The molecule has 0 spiro atoms. The molecule has 18 heavy (non-hydrogen) atoms. The lowest BCUT2D eigenvalue weighted by atomic mass is 10.2. The lowest BCUT2D eigenvalue weighted by molar-refractivity contribution is 0.590. The van der Waals surface area contributed by atoms with Crippen LogP contribution in [0.4, 0.5) is 10.1 Å². The Balaban J connectivity index is 3.10. The molecule has 0 fully saturated rings. The Bertz CT molecular complexity index is 499. The van der Waals surface area contributed by atoms with Crippen LogP contribution >= 0.6 is 0 Å². The van der Waals surface area contributed by atoms with Gasteiger partial charge in [0.15, 0.2) is 0 Å². The number of rotatable bonds is 6. The van der Waals surface area contributed by atoms with E-state index in [2.05, 4.69) is 0 Å². The van der Waals surface area contributed by atoms with Gasteiger partial charge in [-0.3, -0.25) is 0 Å². The van der Waals surface area contributed by atoms with Crippen molar-refractivity contribution in [2.75, 3.05) is 24.5 Å². The van der Waals surface area contributed by atoms with E-state index >= 15 is 0 Å². The van der Waals surface area contributed by atoms with Gasteiger partial charge in [-0.05, 0) is 24.6 Å². The second-order valence-corrected chi connectivity index (χ2v) is 5.50. The summed E-state index contributed by atoms with van der Waals surface area (Å²) in [5, 5.41) is 4.94. The molecule has 102 valence electrons. The Morgan fingerprint density at radius 3 is 2.44 bits per heavy atom. The highest BCUT2D eigenvalue weighted by Crippen LogP contribution is 2.22. The summed E-state index contributed by atoms with van der Waals surface area (Å²) in [4.78, 5) is 1.55. The Labute approximate surface area is 107 Å². The van der Waals surface area contributed by atoms with Gasteiger partial charge in [0.1, 0.15) is 5.82 Å². The number of hydrogen-bond donors (Lipinski definition) is 2. The van der Waals surface area contributed by atoms with Crippen molar-refractivity contribution in [3.8, 4) is 0 Å². The van der Waals surface area contributed by atoms with Crippen molar-refractivity contribution < 1.29 is 12.8 Å². The van der Waals surface area contributed by atoms with Gasteiger partial charge >= 0.3 is 0 Å². The van der Waals surface area contributed by atoms with Crippen LogP contribution in [0.5, 0.6) is 0 Å². The van der Waals surface area contributed by atoms with Gasteiger partial charge in [-0.1, -0.05) is 6.92 Å². The maximum atomic E-state index is 13.9. The third-order valence-corrected chi connectivity index (χ3v) is 3.39. The maximum Gasteiger partial charge on any atom is 0.238 e. The van der Waals surface area contributed by atoms with Crippen LogP contribution in [0, 0.1) is 5.82 Å². The average molecular weight is 275 g/mol. The highest BCUT2D eigenvalue weighted by atomic mass is 32.2. The minimum absolute atomic E-state index is 0.229. The minimum atomic E-state index is -3.88. The number of benzene rings is 1. The second-order valence-electron chi connectivity index (χ2n) is 3.93. The molecule has 5 nitrogen and oxygen atoms in total. The smallest absolute Gasteiger partial charge is 0.238 e. The lowest BCUT2D eigenvalue weighted by Crippen LogP contribution is -2.31.